The molecule has 1 aromatic heterocycles. The topological polar surface area (TPSA) is 59.9 Å². The molecule has 1 heterocycles. The molecule has 6 heteroatoms. The summed E-state index contributed by atoms with van der Waals surface area (Å²) in [6.07, 6.45) is 0. The van der Waals surface area contributed by atoms with E-state index in [0.29, 0.717) is 19.0 Å². The molecule has 0 saturated heterocycles. The van der Waals surface area contributed by atoms with Gasteiger partial charge in [0.2, 0.25) is 0 Å². The minimum absolute atomic E-state index is 0.402. The van der Waals surface area contributed by atoms with Crippen molar-refractivity contribution in [1.29, 1.82) is 0 Å². The zero-order valence-corrected chi connectivity index (χ0v) is 16.2. The fraction of sp³-hybridized carbons (Fsp3) is 0.421. The Hall–Kier alpha value is -2.05. The number of aliphatic imine (C=N–C) groups is 1. The van der Waals surface area contributed by atoms with Crippen molar-refractivity contribution in [3.63, 3.8) is 0 Å². The quantitative estimate of drug-likeness (QED) is 0.525. The molecule has 0 bridgehead atoms. The minimum Gasteiger partial charge on any atom is -0.383 e. The summed E-state index contributed by atoms with van der Waals surface area (Å²) in [6.45, 7) is 5.60. The van der Waals surface area contributed by atoms with E-state index in [-0.39, 0.29) is 0 Å². The summed E-state index contributed by atoms with van der Waals surface area (Å²) in [5, 5.41) is 19.1. The van der Waals surface area contributed by atoms with Crippen molar-refractivity contribution in [3.05, 3.63) is 52.2 Å². The average molecular weight is 361 g/mol. The van der Waals surface area contributed by atoms with Gasteiger partial charge in [-0.15, -0.1) is 11.3 Å². The molecule has 0 radical (unpaired) electrons. The maximum atomic E-state index is 10.6. The molecule has 0 amide bonds. The van der Waals surface area contributed by atoms with E-state index >= 15 is 0 Å². The van der Waals surface area contributed by atoms with E-state index in [1.54, 1.807) is 11.3 Å². The molecule has 1 aromatic carbocycles. The van der Waals surface area contributed by atoms with Crippen molar-refractivity contribution in [2.24, 2.45) is 4.99 Å². The molecule has 5 nitrogen and oxygen atoms in total. The van der Waals surface area contributed by atoms with Crippen LogP contribution in [0.3, 0.4) is 0 Å². The highest BCUT2D eigenvalue weighted by Gasteiger charge is 2.24. The third-order valence-electron chi connectivity index (χ3n) is 3.87. The highest BCUT2D eigenvalue weighted by Crippen LogP contribution is 2.24. The first kappa shape index (κ1) is 19.3. The maximum Gasteiger partial charge on any atom is 0.191 e. The second-order valence-corrected chi connectivity index (χ2v) is 7.31. The second-order valence-electron chi connectivity index (χ2n) is 6.36. The van der Waals surface area contributed by atoms with Crippen LogP contribution in [0.5, 0.6) is 0 Å². The third-order valence-corrected chi connectivity index (χ3v) is 4.99. The largest absolute Gasteiger partial charge is 0.383 e. The number of nitrogens with one attached hydrogen (secondary N) is 2. The van der Waals surface area contributed by atoms with E-state index in [4.69, 9.17) is 0 Å². The van der Waals surface area contributed by atoms with Crippen LogP contribution in [0, 0.1) is 0 Å². The molecule has 3 N–H and O–H groups in total. The SMILES string of the molecule is CCNC(=NCc1ccc(N(C)C)cc1)NCC(C)(O)c1cccs1. The maximum absolute atomic E-state index is 10.6. The number of nitrogens with zero attached hydrogens (tertiary/aromatic N) is 2. The van der Waals surface area contributed by atoms with E-state index < -0.39 is 5.60 Å². The number of guanidine groups is 1. The van der Waals surface area contributed by atoms with Crippen LogP contribution >= 0.6 is 11.3 Å². The first-order valence-corrected chi connectivity index (χ1v) is 9.35. The molecule has 0 aliphatic carbocycles. The summed E-state index contributed by atoms with van der Waals surface area (Å²) in [5.74, 6) is 0.705. The number of rotatable bonds is 7. The van der Waals surface area contributed by atoms with Crippen molar-refractivity contribution >= 4 is 23.0 Å². The molecule has 1 atom stereocenters. The summed E-state index contributed by atoms with van der Waals surface area (Å²) in [5.41, 5.74) is 1.40. The summed E-state index contributed by atoms with van der Waals surface area (Å²) in [6, 6.07) is 12.3. The van der Waals surface area contributed by atoms with E-state index in [1.165, 1.54) is 5.69 Å². The van der Waals surface area contributed by atoms with Crippen LogP contribution in [0.25, 0.3) is 0 Å². The van der Waals surface area contributed by atoms with Crippen LogP contribution < -0.4 is 15.5 Å². The lowest BCUT2D eigenvalue weighted by molar-refractivity contribution is 0.0655. The van der Waals surface area contributed by atoms with Crippen molar-refractivity contribution in [2.75, 3.05) is 32.1 Å². The lowest BCUT2D eigenvalue weighted by atomic mass is 10.1. The van der Waals surface area contributed by atoms with Gasteiger partial charge in [0, 0.05) is 31.2 Å². The van der Waals surface area contributed by atoms with Crippen molar-refractivity contribution in [3.8, 4) is 0 Å². The molecule has 0 aliphatic rings. The Kier molecular flexibility index (Phi) is 6.84. The second kappa shape index (κ2) is 8.87. The van der Waals surface area contributed by atoms with Crippen LogP contribution in [0.1, 0.15) is 24.3 Å². The molecule has 2 rings (SSSR count). The number of aliphatic hydroxyl groups is 1. The molecule has 1 unspecified atom stereocenters. The van der Waals surface area contributed by atoms with Gasteiger partial charge in [-0.1, -0.05) is 18.2 Å². The smallest absolute Gasteiger partial charge is 0.191 e. The average Bonchev–Trinajstić information content (AvgIpc) is 3.13. The van der Waals surface area contributed by atoms with Gasteiger partial charge in [0.15, 0.2) is 5.96 Å². The van der Waals surface area contributed by atoms with Gasteiger partial charge in [0.05, 0.1) is 13.1 Å². The number of hydrogen-bond donors (Lipinski definition) is 3. The summed E-state index contributed by atoms with van der Waals surface area (Å²) < 4.78 is 0. The Morgan fingerprint density at radius 3 is 2.48 bits per heavy atom. The van der Waals surface area contributed by atoms with E-state index in [2.05, 4.69) is 44.8 Å². The molecular weight excluding hydrogens is 332 g/mol. The molecular formula is C19H28N4OS. The molecule has 0 aliphatic heterocycles. The normalized spacial score (nSPS) is 14.0. The molecule has 0 saturated carbocycles. The van der Waals surface area contributed by atoms with Crippen molar-refractivity contribution < 1.29 is 5.11 Å². The van der Waals surface area contributed by atoms with E-state index in [1.807, 2.05) is 45.5 Å². The monoisotopic (exact) mass is 360 g/mol. The first-order chi connectivity index (χ1) is 11.9. The fourth-order valence-corrected chi connectivity index (χ4v) is 3.13. The first-order valence-electron chi connectivity index (χ1n) is 8.47. The number of thiophene rings is 1. The van der Waals surface area contributed by atoms with E-state index in [0.717, 1.165) is 17.0 Å². The van der Waals surface area contributed by atoms with Gasteiger partial charge < -0.3 is 20.6 Å². The molecule has 0 spiro atoms. The van der Waals surface area contributed by atoms with E-state index in [9.17, 15) is 5.11 Å². The Balaban J connectivity index is 1.98. The van der Waals surface area contributed by atoms with Crippen molar-refractivity contribution in [2.45, 2.75) is 26.0 Å². The van der Waals surface area contributed by atoms with Crippen LogP contribution in [-0.2, 0) is 12.1 Å². The van der Waals surface area contributed by atoms with Gasteiger partial charge in [0.1, 0.15) is 5.60 Å². The molecule has 0 fully saturated rings. The number of hydrogen-bond acceptors (Lipinski definition) is 4. The summed E-state index contributed by atoms with van der Waals surface area (Å²) in [7, 11) is 4.06. The lowest BCUT2D eigenvalue weighted by Gasteiger charge is -2.23. The lowest BCUT2D eigenvalue weighted by Crippen LogP contribution is -2.44. The third kappa shape index (κ3) is 5.76. The van der Waals surface area contributed by atoms with Gasteiger partial charge in [-0.3, -0.25) is 0 Å². The van der Waals surface area contributed by atoms with Gasteiger partial charge in [0.25, 0.3) is 0 Å². The van der Waals surface area contributed by atoms with Gasteiger partial charge in [-0.05, 0) is 43.0 Å². The molecule has 25 heavy (non-hydrogen) atoms. The zero-order valence-electron chi connectivity index (χ0n) is 15.4. The Bertz CT molecular complexity index is 663. The van der Waals surface area contributed by atoms with Gasteiger partial charge in [-0.2, -0.15) is 0 Å². The van der Waals surface area contributed by atoms with Gasteiger partial charge >= 0.3 is 0 Å². The van der Waals surface area contributed by atoms with Crippen LogP contribution in [0.4, 0.5) is 5.69 Å². The number of anilines is 1. The zero-order chi connectivity index (χ0) is 18.3. The highest BCUT2D eigenvalue weighted by molar-refractivity contribution is 7.10. The van der Waals surface area contributed by atoms with Crippen molar-refractivity contribution in [1.82, 2.24) is 10.6 Å². The Morgan fingerprint density at radius 2 is 1.92 bits per heavy atom. The predicted octanol–water partition coefficient (Wildman–Crippen LogP) is 2.78. The number of benzene rings is 1. The van der Waals surface area contributed by atoms with Gasteiger partial charge in [-0.25, -0.2) is 4.99 Å². The molecule has 136 valence electrons. The Labute approximate surface area is 154 Å². The predicted molar refractivity (Wildman–Crippen MR) is 107 cm³/mol. The van der Waals surface area contributed by atoms with Crippen LogP contribution in [0.2, 0.25) is 0 Å². The standard InChI is InChI=1S/C19H28N4OS/c1-5-20-18(22-14-19(2,24)17-7-6-12-25-17)21-13-15-8-10-16(11-9-15)23(3)4/h6-12,24H,5,13-14H2,1-4H3,(H2,20,21,22). The fourth-order valence-electron chi connectivity index (χ4n) is 2.34. The molecule has 2 aromatic rings. The highest BCUT2D eigenvalue weighted by atomic mass is 32.1. The Morgan fingerprint density at radius 1 is 1.20 bits per heavy atom. The minimum atomic E-state index is -0.919. The van der Waals surface area contributed by atoms with Crippen LogP contribution in [-0.4, -0.2) is 38.3 Å². The van der Waals surface area contributed by atoms with Crippen LogP contribution in [0.15, 0.2) is 46.8 Å². The summed E-state index contributed by atoms with van der Waals surface area (Å²) in [4.78, 5) is 7.63. The summed E-state index contributed by atoms with van der Waals surface area (Å²) >= 11 is 1.55.